The molecule has 0 saturated carbocycles. The lowest BCUT2D eigenvalue weighted by Crippen LogP contribution is -2.30. The molecule has 0 unspecified atom stereocenters. The van der Waals surface area contributed by atoms with Crippen molar-refractivity contribution in [2.24, 2.45) is 0 Å². The smallest absolute Gasteiger partial charge is 0.319 e. The predicted octanol–water partition coefficient (Wildman–Crippen LogP) is 2.15. The van der Waals surface area contributed by atoms with Crippen LogP contribution in [0.25, 0.3) is 0 Å². The SMILES string of the molecule is O=C(NCc1nnc2n1CCC2)Nc1ccccc1N1CCCC1. The fourth-order valence-corrected chi connectivity index (χ4v) is 3.48. The lowest BCUT2D eigenvalue weighted by molar-refractivity contribution is 0.251. The van der Waals surface area contributed by atoms with Crippen LogP contribution in [-0.2, 0) is 19.5 Å². The van der Waals surface area contributed by atoms with Crippen molar-refractivity contribution in [3.63, 3.8) is 0 Å². The first kappa shape index (κ1) is 15.0. The van der Waals surface area contributed by atoms with E-state index in [1.807, 2.05) is 18.2 Å². The number of benzene rings is 1. The van der Waals surface area contributed by atoms with Crippen LogP contribution in [0.15, 0.2) is 24.3 Å². The van der Waals surface area contributed by atoms with E-state index in [1.54, 1.807) is 0 Å². The fourth-order valence-electron chi connectivity index (χ4n) is 3.48. The Morgan fingerprint density at radius 3 is 2.79 bits per heavy atom. The van der Waals surface area contributed by atoms with Gasteiger partial charge in [0.2, 0.25) is 0 Å². The molecule has 0 bridgehead atoms. The Morgan fingerprint density at radius 1 is 1.08 bits per heavy atom. The molecule has 3 heterocycles. The summed E-state index contributed by atoms with van der Waals surface area (Å²) in [7, 11) is 0. The van der Waals surface area contributed by atoms with E-state index >= 15 is 0 Å². The lowest BCUT2D eigenvalue weighted by atomic mass is 10.2. The van der Waals surface area contributed by atoms with Gasteiger partial charge in [0.05, 0.1) is 17.9 Å². The van der Waals surface area contributed by atoms with Crippen molar-refractivity contribution in [3.05, 3.63) is 35.9 Å². The molecule has 0 atom stereocenters. The van der Waals surface area contributed by atoms with Gasteiger partial charge < -0.3 is 20.1 Å². The summed E-state index contributed by atoms with van der Waals surface area (Å²) < 4.78 is 2.10. The summed E-state index contributed by atoms with van der Waals surface area (Å²) in [5.74, 6) is 1.84. The minimum atomic E-state index is -0.211. The summed E-state index contributed by atoms with van der Waals surface area (Å²) in [6, 6.07) is 7.75. The number of hydrogen-bond acceptors (Lipinski definition) is 4. The number of nitrogens with one attached hydrogen (secondary N) is 2. The Hall–Kier alpha value is -2.57. The van der Waals surface area contributed by atoms with Crippen LogP contribution in [0.2, 0.25) is 0 Å². The Kier molecular flexibility index (Phi) is 4.06. The van der Waals surface area contributed by atoms with Crippen LogP contribution in [0.4, 0.5) is 16.2 Å². The largest absolute Gasteiger partial charge is 0.370 e. The van der Waals surface area contributed by atoms with Crippen LogP contribution in [0, 0.1) is 0 Å². The maximum Gasteiger partial charge on any atom is 0.319 e. The number of para-hydroxylation sites is 2. The number of hydrogen-bond donors (Lipinski definition) is 2. The molecule has 7 heteroatoms. The van der Waals surface area contributed by atoms with Gasteiger partial charge in [-0.1, -0.05) is 12.1 Å². The van der Waals surface area contributed by atoms with Crippen LogP contribution in [0.3, 0.4) is 0 Å². The molecule has 1 aromatic heterocycles. The van der Waals surface area contributed by atoms with Gasteiger partial charge in [-0.05, 0) is 31.4 Å². The third kappa shape index (κ3) is 2.93. The number of anilines is 2. The van der Waals surface area contributed by atoms with Gasteiger partial charge >= 0.3 is 6.03 Å². The second-order valence-corrected chi connectivity index (χ2v) is 6.31. The number of nitrogens with zero attached hydrogens (tertiary/aromatic N) is 4. The Bertz CT molecular complexity index is 734. The van der Waals surface area contributed by atoms with Crippen molar-refractivity contribution in [3.8, 4) is 0 Å². The molecule has 0 aliphatic carbocycles. The fraction of sp³-hybridized carbons (Fsp3) is 0.471. The number of carbonyl (C=O) groups excluding carboxylic acids is 1. The normalized spacial score (nSPS) is 16.2. The van der Waals surface area contributed by atoms with E-state index < -0.39 is 0 Å². The standard InChI is InChI=1S/C17H22N6O/c24-17(18-12-16-21-20-15-8-5-11-23(15)16)19-13-6-1-2-7-14(13)22-9-3-4-10-22/h1-2,6-7H,3-5,8-12H2,(H2,18,19,24). The van der Waals surface area contributed by atoms with Gasteiger partial charge in [0, 0.05) is 26.1 Å². The van der Waals surface area contributed by atoms with Gasteiger partial charge in [-0.3, -0.25) is 0 Å². The zero-order valence-corrected chi connectivity index (χ0v) is 13.7. The highest BCUT2D eigenvalue weighted by Gasteiger charge is 2.19. The number of fused-ring (bicyclic) bond motifs is 1. The first-order valence-corrected chi connectivity index (χ1v) is 8.61. The predicted molar refractivity (Wildman–Crippen MR) is 92.1 cm³/mol. The summed E-state index contributed by atoms with van der Waals surface area (Å²) in [6.45, 7) is 3.43. The molecule has 2 aliphatic rings. The number of amides is 2. The molecular weight excluding hydrogens is 304 g/mol. The molecule has 2 aliphatic heterocycles. The Balaban J connectivity index is 1.39. The van der Waals surface area contributed by atoms with Crippen LogP contribution in [-0.4, -0.2) is 33.9 Å². The average molecular weight is 326 g/mol. The highest BCUT2D eigenvalue weighted by molar-refractivity contribution is 5.93. The van der Waals surface area contributed by atoms with E-state index in [4.69, 9.17) is 0 Å². The third-order valence-electron chi connectivity index (χ3n) is 4.69. The van der Waals surface area contributed by atoms with E-state index in [1.165, 1.54) is 12.8 Å². The van der Waals surface area contributed by atoms with Gasteiger partial charge in [0.15, 0.2) is 5.82 Å². The van der Waals surface area contributed by atoms with Crippen LogP contribution < -0.4 is 15.5 Å². The molecule has 7 nitrogen and oxygen atoms in total. The number of aryl methyl sites for hydroxylation is 1. The average Bonchev–Trinajstić information content (AvgIpc) is 3.32. The molecule has 24 heavy (non-hydrogen) atoms. The minimum absolute atomic E-state index is 0.211. The van der Waals surface area contributed by atoms with E-state index in [0.717, 1.165) is 55.5 Å². The van der Waals surface area contributed by atoms with E-state index in [0.29, 0.717) is 6.54 Å². The van der Waals surface area contributed by atoms with Crippen molar-refractivity contribution in [1.29, 1.82) is 0 Å². The van der Waals surface area contributed by atoms with Gasteiger partial charge in [0.1, 0.15) is 5.82 Å². The number of aromatic nitrogens is 3. The molecule has 0 radical (unpaired) electrons. The van der Waals surface area contributed by atoms with Crippen molar-refractivity contribution >= 4 is 17.4 Å². The minimum Gasteiger partial charge on any atom is -0.370 e. The molecule has 0 spiro atoms. The monoisotopic (exact) mass is 326 g/mol. The summed E-state index contributed by atoms with van der Waals surface area (Å²) in [5.41, 5.74) is 1.94. The summed E-state index contributed by atoms with van der Waals surface area (Å²) in [4.78, 5) is 14.6. The summed E-state index contributed by atoms with van der Waals surface area (Å²) >= 11 is 0. The van der Waals surface area contributed by atoms with Crippen molar-refractivity contribution in [2.45, 2.75) is 38.8 Å². The zero-order valence-electron chi connectivity index (χ0n) is 13.7. The van der Waals surface area contributed by atoms with Gasteiger partial charge in [0.25, 0.3) is 0 Å². The van der Waals surface area contributed by atoms with Gasteiger partial charge in [-0.15, -0.1) is 10.2 Å². The summed E-state index contributed by atoms with van der Waals surface area (Å²) in [5, 5.41) is 14.2. The maximum atomic E-state index is 12.3. The Labute approximate surface area is 141 Å². The van der Waals surface area contributed by atoms with Gasteiger partial charge in [-0.25, -0.2) is 4.79 Å². The molecule has 2 amide bonds. The van der Waals surface area contributed by atoms with Gasteiger partial charge in [-0.2, -0.15) is 0 Å². The number of urea groups is 1. The first-order valence-electron chi connectivity index (χ1n) is 8.61. The molecule has 4 rings (SSSR count). The molecule has 1 saturated heterocycles. The van der Waals surface area contributed by atoms with Crippen LogP contribution in [0.1, 0.15) is 30.9 Å². The highest BCUT2D eigenvalue weighted by atomic mass is 16.2. The van der Waals surface area contributed by atoms with Crippen molar-refractivity contribution < 1.29 is 4.79 Å². The van der Waals surface area contributed by atoms with Crippen molar-refractivity contribution in [1.82, 2.24) is 20.1 Å². The van der Waals surface area contributed by atoms with E-state index in [9.17, 15) is 4.79 Å². The van der Waals surface area contributed by atoms with Crippen LogP contribution >= 0.6 is 0 Å². The molecule has 1 fully saturated rings. The first-order chi connectivity index (χ1) is 11.8. The second kappa shape index (κ2) is 6.51. The van der Waals surface area contributed by atoms with E-state index in [-0.39, 0.29) is 6.03 Å². The highest BCUT2D eigenvalue weighted by Crippen LogP contribution is 2.28. The lowest BCUT2D eigenvalue weighted by Gasteiger charge is -2.21. The number of rotatable bonds is 4. The molecule has 126 valence electrons. The molecule has 2 aromatic rings. The second-order valence-electron chi connectivity index (χ2n) is 6.31. The zero-order chi connectivity index (χ0) is 16.4. The number of carbonyl (C=O) groups is 1. The maximum absolute atomic E-state index is 12.3. The Morgan fingerprint density at radius 2 is 1.92 bits per heavy atom. The third-order valence-corrected chi connectivity index (χ3v) is 4.69. The summed E-state index contributed by atoms with van der Waals surface area (Å²) in [6.07, 6.45) is 4.49. The quantitative estimate of drug-likeness (QED) is 0.903. The molecular formula is C17H22N6O. The topological polar surface area (TPSA) is 75.1 Å². The molecule has 2 N–H and O–H groups in total. The molecule has 1 aromatic carbocycles. The van der Waals surface area contributed by atoms with E-state index in [2.05, 4.69) is 36.4 Å². The van der Waals surface area contributed by atoms with Crippen LogP contribution in [0.5, 0.6) is 0 Å². The van der Waals surface area contributed by atoms with Crippen molar-refractivity contribution in [2.75, 3.05) is 23.3 Å².